The summed E-state index contributed by atoms with van der Waals surface area (Å²) in [4.78, 5) is 25.9. The predicted octanol–water partition coefficient (Wildman–Crippen LogP) is 6.22. The molecular formula is C24H19BrO2. The molecule has 0 aliphatic heterocycles. The third-order valence-corrected chi connectivity index (χ3v) is 4.85. The van der Waals surface area contributed by atoms with E-state index in [0.29, 0.717) is 22.3 Å². The van der Waals surface area contributed by atoms with Gasteiger partial charge < -0.3 is 0 Å². The molecule has 0 aromatic heterocycles. The van der Waals surface area contributed by atoms with Gasteiger partial charge in [0.25, 0.3) is 0 Å². The number of benzene rings is 3. The third-order valence-electron chi connectivity index (χ3n) is 4.33. The monoisotopic (exact) mass is 418 g/mol. The fraction of sp³-hybridized carbons (Fsp3) is 0.0833. The summed E-state index contributed by atoms with van der Waals surface area (Å²) in [5, 5.41) is 0. The van der Waals surface area contributed by atoms with Gasteiger partial charge in [-0.15, -0.1) is 0 Å². The average molecular weight is 419 g/mol. The van der Waals surface area contributed by atoms with Crippen LogP contribution in [0.2, 0.25) is 0 Å². The SMILES string of the molecule is Cc1ccc(C(=O)C=C(C(=O)c2ccc(C)cc2)c2ccc(Br)cc2)cc1. The van der Waals surface area contributed by atoms with Crippen molar-refractivity contribution in [1.29, 1.82) is 0 Å². The normalized spacial score (nSPS) is 11.3. The molecule has 27 heavy (non-hydrogen) atoms. The van der Waals surface area contributed by atoms with Crippen molar-refractivity contribution in [3.05, 3.63) is 111 Å². The van der Waals surface area contributed by atoms with E-state index in [-0.39, 0.29) is 11.6 Å². The third kappa shape index (κ3) is 4.69. The highest BCUT2D eigenvalue weighted by Crippen LogP contribution is 2.23. The molecule has 0 aliphatic carbocycles. The van der Waals surface area contributed by atoms with Gasteiger partial charge >= 0.3 is 0 Å². The molecule has 2 nitrogen and oxygen atoms in total. The number of hydrogen-bond donors (Lipinski definition) is 0. The van der Waals surface area contributed by atoms with Crippen molar-refractivity contribution >= 4 is 33.1 Å². The van der Waals surface area contributed by atoms with Gasteiger partial charge in [-0.3, -0.25) is 9.59 Å². The Morgan fingerprint density at radius 3 is 1.63 bits per heavy atom. The van der Waals surface area contributed by atoms with Crippen LogP contribution in [-0.4, -0.2) is 11.6 Å². The number of carbonyl (C=O) groups is 2. The molecule has 0 atom stereocenters. The predicted molar refractivity (Wildman–Crippen MR) is 113 cm³/mol. The maximum absolute atomic E-state index is 13.1. The van der Waals surface area contributed by atoms with Crippen LogP contribution in [0.5, 0.6) is 0 Å². The van der Waals surface area contributed by atoms with E-state index in [9.17, 15) is 9.59 Å². The molecule has 3 heteroatoms. The van der Waals surface area contributed by atoms with Crippen LogP contribution in [0.25, 0.3) is 5.57 Å². The van der Waals surface area contributed by atoms with Gasteiger partial charge in [-0.05, 0) is 37.6 Å². The molecule has 0 amide bonds. The molecule has 0 bridgehead atoms. The molecule has 3 aromatic rings. The van der Waals surface area contributed by atoms with E-state index < -0.39 is 0 Å². The summed E-state index contributed by atoms with van der Waals surface area (Å²) < 4.78 is 0.915. The number of aryl methyl sites for hydroxylation is 2. The Morgan fingerprint density at radius 1 is 0.667 bits per heavy atom. The van der Waals surface area contributed by atoms with Crippen molar-refractivity contribution in [2.24, 2.45) is 0 Å². The van der Waals surface area contributed by atoms with E-state index in [1.54, 1.807) is 24.3 Å². The van der Waals surface area contributed by atoms with Gasteiger partial charge in [0, 0.05) is 21.2 Å². The highest BCUT2D eigenvalue weighted by Gasteiger charge is 2.17. The second kappa shape index (κ2) is 8.28. The standard InChI is InChI=1S/C24H19BrO2/c1-16-3-7-19(8-4-16)23(26)15-22(18-11-13-21(25)14-12-18)24(27)20-9-5-17(2)6-10-20/h3-15H,1-2H3. The van der Waals surface area contributed by atoms with E-state index in [4.69, 9.17) is 0 Å². The molecule has 0 heterocycles. The second-order valence-corrected chi connectivity index (χ2v) is 7.41. The molecule has 3 rings (SSSR count). The summed E-state index contributed by atoms with van der Waals surface area (Å²) in [6.07, 6.45) is 1.44. The maximum atomic E-state index is 13.1. The number of carbonyl (C=O) groups excluding carboxylic acids is 2. The van der Waals surface area contributed by atoms with Crippen molar-refractivity contribution in [3.8, 4) is 0 Å². The minimum atomic E-state index is -0.187. The molecule has 134 valence electrons. The Kier molecular flexibility index (Phi) is 5.82. The lowest BCUT2D eigenvalue weighted by Crippen LogP contribution is -2.06. The van der Waals surface area contributed by atoms with Crippen molar-refractivity contribution < 1.29 is 9.59 Å². The lowest BCUT2D eigenvalue weighted by molar-refractivity contribution is 0.102. The first-order valence-electron chi connectivity index (χ1n) is 8.64. The Hall–Kier alpha value is -2.78. The molecule has 0 saturated heterocycles. The van der Waals surface area contributed by atoms with Crippen molar-refractivity contribution in [3.63, 3.8) is 0 Å². The number of allylic oxidation sites excluding steroid dienone is 2. The molecule has 0 unspecified atom stereocenters. The Bertz CT molecular complexity index is 996. The van der Waals surface area contributed by atoms with Crippen molar-refractivity contribution in [1.82, 2.24) is 0 Å². The zero-order valence-electron chi connectivity index (χ0n) is 15.2. The van der Waals surface area contributed by atoms with Crippen LogP contribution in [-0.2, 0) is 0 Å². The number of halogens is 1. The van der Waals surface area contributed by atoms with E-state index in [1.807, 2.05) is 62.4 Å². The van der Waals surface area contributed by atoms with E-state index >= 15 is 0 Å². The van der Waals surface area contributed by atoms with Gasteiger partial charge in [-0.1, -0.05) is 87.7 Å². The van der Waals surface area contributed by atoms with Crippen LogP contribution in [0.3, 0.4) is 0 Å². The molecule has 0 fully saturated rings. The van der Waals surface area contributed by atoms with Gasteiger partial charge in [0.05, 0.1) is 0 Å². The zero-order valence-corrected chi connectivity index (χ0v) is 16.8. The Balaban J connectivity index is 2.05. The lowest BCUT2D eigenvalue weighted by Gasteiger charge is -2.08. The number of rotatable bonds is 5. The molecule has 0 N–H and O–H groups in total. The average Bonchev–Trinajstić information content (AvgIpc) is 2.67. The highest BCUT2D eigenvalue weighted by molar-refractivity contribution is 9.10. The van der Waals surface area contributed by atoms with Crippen molar-refractivity contribution in [2.45, 2.75) is 13.8 Å². The van der Waals surface area contributed by atoms with Gasteiger partial charge in [-0.2, -0.15) is 0 Å². The minimum Gasteiger partial charge on any atom is -0.289 e. The fourth-order valence-corrected chi connectivity index (χ4v) is 2.97. The van der Waals surface area contributed by atoms with Crippen LogP contribution < -0.4 is 0 Å². The van der Waals surface area contributed by atoms with Gasteiger partial charge in [0.2, 0.25) is 0 Å². The van der Waals surface area contributed by atoms with Crippen LogP contribution >= 0.6 is 15.9 Å². The highest BCUT2D eigenvalue weighted by atomic mass is 79.9. The van der Waals surface area contributed by atoms with Crippen LogP contribution in [0.15, 0.2) is 83.3 Å². The summed E-state index contributed by atoms with van der Waals surface area (Å²) in [5.74, 6) is -0.355. The van der Waals surface area contributed by atoms with Crippen LogP contribution in [0.1, 0.15) is 37.4 Å². The molecule has 0 saturated carbocycles. The maximum Gasteiger partial charge on any atom is 0.193 e. The lowest BCUT2D eigenvalue weighted by atomic mass is 9.94. The first-order chi connectivity index (χ1) is 12.9. The first kappa shape index (κ1) is 19.0. The zero-order chi connectivity index (χ0) is 19.4. The van der Waals surface area contributed by atoms with Crippen LogP contribution in [0.4, 0.5) is 0 Å². The minimum absolute atomic E-state index is 0.169. The van der Waals surface area contributed by atoms with Gasteiger partial charge in [0.1, 0.15) is 0 Å². The van der Waals surface area contributed by atoms with E-state index in [0.717, 1.165) is 15.6 Å². The summed E-state index contributed by atoms with van der Waals surface area (Å²) in [6, 6.07) is 22.1. The number of hydrogen-bond acceptors (Lipinski definition) is 2. The summed E-state index contributed by atoms with van der Waals surface area (Å²) in [6.45, 7) is 3.94. The second-order valence-electron chi connectivity index (χ2n) is 6.49. The summed E-state index contributed by atoms with van der Waals surface area (Å²) >= 11 is 3.41. The van der Waals surface area contributed by atoms with Crippen LogP contribution in [0, 0.1) is 13.8 Å². The molecular weight excluding hydrogens is 400 g/mol. The topological polar surface area (TPSA) is 34.1 Å². The van der Waals surface area contributed by atoms with E-state index in [2.05, 4.69) is 15.9 Å². The Morgan fingerprint density at radius 2 is 1.11 bits per heavy atom. The largest absolute Gasteiger partial charge is 0.289 e. The molecule has 3 aromatic carbocycles. The number of Topliss-reactive ketones (excluding diaryl/α,β-unsaturated/α-hetero) is 1. The fourth-order valence-electron chi connectivity index (χ4n) is 2.70. The van der Waals surface area contributed by atoms with E-state index in [1.165, 1.54) is 6.08 Å². The summed E-state index contributed by atoms with van der Waals surface area (Å²) in [7, 11) is 0. The molecule has 0 radical (unpaired) electrons. The first-order valence-corrected chi connectivity index (χ1v) is 9.43. The molecule has 0 aliphatic rings. The smallest absolute Gasteiger partial charge is 0.193 e. The Labute approximate surface area is 167 Å². The molecule has 0 spiro atoms. The summed E-state index contributed by atoms with van der Waals surface area (Å²) in [5.41, 5.74) is 4.38. The van der Waals surface area contributed by atoms with Crippen molar-refractivity contribution in [2.75, 3.05) is 0 Å². The van der Waals surface area contributed by atoms with Gasteiger partial charge in [-0.25, -0.2) is 0 Å². The van der Waals surface area contributed by atoms with Gasteiger partial charge in [0.15, 0.2) is 11.6 Å². The number of ketones is 2. The quantitative estimate of drug-likeness (QED) is 0.364.